The minimum Gasteiger partial charge on any atom is -0.353 e. The van der Waals surface area contributed by atoms with Gasteiger partial charge in [0.2, 0.25) is 0 Å². The van der Waals surface area contributed by atoms with Gasteiger partial charge in [0.15, 0.2) is 6.29 Å². The normalized spacial score (nSPS) is 13.4. The quantitative estimate of drug-likeness (QED) is 0.186. The molecular formula is C20H38O2. The minimum absolute atomic E-state index is 0.0519. The summed E-state index contributed by atoms with van der Waals surface area (Å²) >= 11 is 0. The van der Waals surface area contributed by atoms with Gasteiger partial charge in [0, 0.05) is 13.2 Å². The third-order valence-corrected chi connectivity index (χ3v) is 3.58. The van der Waals surface area contributed by atoms with Gasteiger partial charge in [-0.3, -0.25) is 0 Å². The molecule has 22 heavy (non-hydrogen) atoms. The molecule has 0 heterocycles. The molecule has 2 nitrogen and oxygen atoms in total. The van der Waals surface area contributed by atoms with Crippen molar-refractivity contribution in [2.45, 2.75) is 91.3 Å². The molecular weight excluding hydrogens is 272 g/mol. The van der Waals surface area contributed by atoms with Gasteiger partial charge in [-0.2, -0.15) is 0 Å². The zero-order valence-electron chi connectivity index (χ0n) is 15.2. The predicted molar refractivity (Wildman–Crippen MR) is 97.2 cm³/mol. The van der Waals surface area contributed by atoms with Crippen molar-refractivity contribution in [3.05, 3.63) is 24.3 Å². The van der Waals surface area contributed by atoms with E-state index in [-0.39, 0.29) is 6.29 Å². The van der Waals surface area contributed by atoms with Gasteiger partial charge < -0.3 is 9.47 Å². The van der Waals surface area contributed by atoms with Crippen LogP contribution < -0.4 is 0 Å². The molecule has 1 unspecified atom stereocenters. The van der Waals surface area contributed by atoms with E-state index < -0.39 is 0 Å². The van der Waals surface area contributed by atoms with Crippen LogP contribution in [0.4, 0.5) is 0 Å². The van der Waals surface area contributed by atoms with Gasteiger partial charge in [-0.15, -0.1) is 0 Å². The van der Waals surface area contributed by atoms with Gasteiger partial charge in [-0.1, -0.05) is 56.9 Å². The van der Waals surface area contributed by atoms with E-state index in [0.717, 1.165) is 19.6 Å². The van der Waals surface area contributed by atoms with Crippen molar-refractivity contribution in [1.29, 1.82) is 0 Å². The second-order valence-electron chi connectivity index (χ2n) is 5.76. The first kappa shape index (κ1) is 21.4. The van der Waals surface area contributed by atoms with Crippen LogP contribution >= 0.6 is 0 Å². The Hall–Kier alpha value is -0.600. The first-order chi connectivity index (χ1) is 10.8. The van der Waals surface area contributed by atoms with Crippen LogP contribution in [0.1, 0.15) is 85.0 Å². The monoisotopic (exact) mass is 310 g/mol. The van der Waals surface area contributed by atoms with Crippen molar-refractivity contribution >= 4 is 0 Å². The fraction of sp³-hybridized carbons (Fsp3) is 0.800. The first-order valence-electron chi connectivity index (χ1n) is 9.34. The van der Waals surface area contributed by atoms with Crippen molar-refractivity contribution in [3.8, 4) is 0 Å². The van der Waals surface area contributed by atoms with E-state index in [2.05, 4.69) is 31.2 Å². The summed E-state index contributed by atoms with van der Waals surface area (Å²) in [6.45, 7) is 7.75. The Kier molecular flexibility index (Phi) is 17.9. The Morgan fingerprint density at radius 3 is 1.91 bits per heavy atom. The molecule has 0 saturated carbocycles. The van der Waals surface area contributed by atoms with Crippen molar-refractivity contribution in [2.75, 3.05) is 13.2 Å². The number of unbranched alkanes of at least 4 members (excludes halogenated alkanes) is 7. The lowest BCUT2D eigenvalue weighted by molar-refractivity contribution is -0.127. The van der Waals surface area contributed by atoms with Gasteiger partial charge in [0.05, 0.1) is 0 Å². The van der Waals surface area contributed by atoms with Crippen LogP contribution in [0.15, 0.2) is 24.3 Å². The van der Waals surface area contributed by atoms with Crippen LogP contribution in [0, 0.1) is 0 Å². The predicted octanol–water partition coefficient (Wildman–Crippen LogP) is 6.42. The maximum Gasteiger partial charge on any atom is 0.154 e. The summed E-state index contributed by atoms with van der Waals surface area (Å²) in [5.74, 6) is 0. The molecule has 0 saturated heterocycles. The maximum absolute atomic E-state index is 5.55. The van der Waals surface area contributed by atoms with E-state index in [1.807, 2.05) is 13.8 Å². The van der Waals surface area contributed by atoms with Gasteiger partial charge in [-0.05, 0) is 52.4 Å². The van der Waals surface area contributed by atoms with E-state index in [1.54, 1.807) is 0 Å². The van der Waals surface area contributed by atoms with E-state index in [0.29, 0.717) is 0 Å². The average Bonchev–Trinajstić information content (AvgIpc) is 2.51. The SMILES string of the molecule is CCCCC=CCCC=CCCCCCCOC(C)OCC. The van der Waals surface area contributed by atoms with Gasteiger partial charge in [0.1, 0.15) is 0 Å². The summed E-state index contributed by atoms with van der Waals surface area (Å²) in [4.78, 5) is 0. The maximum atomic E-state index is 5.55. The third-order valence-electron chi connectivity index (χ3n) is 3.58. The Morgan fingerprint density at radius 1 is 0.682 bits per heavy atom. The molecule has 1 atom stereocenters. The lowest BCUT2D eigenvalue weighted by atomic mass is 10.1. The van der Waals surface area contributed by atoms with Gasteiger partial charge in [-0.25, -0.2) is 0 Å². The average molecular weight is 311 g/mol. The molecule has 0 aliphatic rings. The molecule has 0 N–H and O–H groups in total. The second-order valence-corrected chi connectivity index (χ2v) is 5.76. The Balaban J connectivity index is 3.19. The summed E-state index contributed by atoms with van der Waals surface area (Å²) in [7, 11) is 0. The van der Waals surface area contributed by atoms with Crippen LogP contribution in [0.25, 0.3) is 0 Å². The van der Waals surface area contributed by atoms with E-state index in [1.165, 1.54) is 57.8 Å². The van der Waals surface area contributed by atoms with Crippen molar-refractivity contribution < 1.29 is 9.47 Å². The van der Waals surface area contributed by atoms with Gasteiger partial charge in [0.25, 0.3) is 0 Å². The summed E-state index contributed by atoms with van der Waals surface area (Å²) in [6.07, 6.45) is 21.7. The summed E-state index contributed by atoms with van der Waals surface area (Å²) in [5, 5.41) is 0. The minimum atomic E-state index is -0.0519. The summed E-state index contributed by atoms with van der Waals surface area (Å²) in [5.41, 5.74) is 0. The van der Waals surface area contributed by atoms with Crippen LogP contribution in [0.2, 0.25) is 0 Å². The highest BCUT2D eigenvalue weighted by Gasteiger charge is 1.98. The largest absolute Gasteiger partial charge is 0.353 e. The van der Waals surface area contributed by atoms with E-state index in [9.17, 15) is 0 Å². The molecule has 0 rings (SSSR count). The molecule has 0 aliphatic heterocycles. The molecule has 0 aliphatic carbocycles. The van der Waals surface area contributed by atoms with Crippen LogP contribution in [0.3, 0.4) is 0 Å². The highest BCUT2D eigenvalue weighted by molar-refractivity contribution is 4.87. The van der Waals surface area contributed by atoms with Crippen molar-refractivity contribution in [3.63, 3.8) is 0 Å². The molecule has 0 radical (unpaired) electrons. The smallest absolute Gasteiger partial charge is 0.154 e. The van der Waals surface area contributed by atoms with Crippen molar-refractivity contribution in [2.24, 2.45) is 0 Å². The van der Waals surface area contributed by atoms with Crippen LogP contribution in [-0.4, -0.2) is 19.5 Å². The summed E-state index contributed by atoms with van der Waals surface area (Å²) in [6, 6.07) is 0. The molecule has 0 aromatic rings. The standard InChI is InChI=1S/C20H38O2/c1-4-6-7-8-9-10-11-12-13-14-15-16-17-18-19-22-20(3)21-5-2/h8-9,12-13,20H,4-7,10-11,14-19H2,1-3H3. The molecule has 0 fully saturated rings. The van der Waals surface area contributed by atoms with E-state index >= 15 is 0 Å². The Bertz CT molecular complexity index is 258. The number of hydrogen-bond acceptors (Lipinski definition) is 2. The highest BCUT2D eigenvalue weighted by atomic mass is 16.7. The third kappa shape index (κ3) is 17.5. The number of allylic oxidation sites excluding steroid dienone is 4. The first-order valence-corrected chi connectivity index (χ1v) is 9.34. The zero-order valence-corrected chi connectivity index (χ0v) is 15.2. The topological polar surface area (TPSA) is 18.5 Å². The molecule has 0 aromatic carbocycles. The summed E-state index contributed by atoms with van der Waals surface area (Å²) < 4.78 is 10.9. The Morgan fingerprint density at radius 2 is 1.27 bits per heavy atom. The van der Waals surface area contributed by atoms with Crippen LogP contribution in [0.5, 0.6) is 0 Å². The number of rotatable bonds is 16. The lowest BCUT2D eigenvalue weighted by Gasteiger charge is -2.12. The molecule has 130 valence electrons. The highest BCUT2D eigenvalue weighted by Crippen LogP contribution is 2.06. The van der Waals surface area contributed by atoms with E-state index in [4.69, 9.17) is 9.47 Å². The van der Waals surface area contributed by atoms with Crippen molar-refractivity contribution in [1.82, 2.24) is 0 Å². The number of ether oxygens (including phenoxy) is 2. The zero-order chi connectivity index (χ0) is 16.3. The molecule has 0 aromatic heterocycles. The second kappa shape index (κ2) is 18.4. The fourth-order valence-electron chi connectivity index (χ4n) is 2.24. The number of hydrogen-bond donors (Lipinski definition) is 0. The van der Waals surface area contributed by atoms with Crippen LogP contribution in [-0.2, 0) is 9.47 Å². The Labute approximate surface area is 139 Å². The molecule has 2 heteroatoms. The van der Waals surface area contributed by atoms with Gasteiger partial charge >= 0.3 is 0 Å². The molecule has 0 spiro atoms. The molecule has 0 bridgehead atoms. The molecule has 0 amide bonds. The fourth-order valence-corrected chi connectivity index (χ4v) is 2.24. The lowest BCUT2D eigenvalue weighted by Crippen LogP contribution is -2.13.